The highest BCUT2D eigenvalue weighted by molar-refractivity contribution is 5.79. The van der Waals surface area contributed by atoms with Crippen LogP contribution >= 0.6 is 0 Å². The van der Waals surface area contributed by atoms with Crippen molar-refractivity contribution in [1.82, 2.24) is 20.4 Å². The van der Waals surface area contributed by atoms with E-state index in [-0.39, 0.29) is 11.8 Å². The van der Waals surface area contributed by atoms with Gasteiger partial charge in [-0.3, -0.25) is 14.8 Å². The zero-order valence-corrected chi connectivity index (χ0v) is 15.2. The van der Waals surface area contributed by atoms with Gasteiger partial charge in [0.1, 0.15) is 5.76 Å². The van der Waals surface area contributed by atoms with E-state index in [0.717, 1.165) is 55.2 Å². The molecule has 3 heterocycles. The number of hydrogen-bond donors (Lipinski definition) is 2. The Hall–Kier alpha value is -2.86. The van der Waals surface area contributed by atoms with Gasteiger partial charge in [-0.1, -0.05) is 30.3 Å². The van der Waals surface area contributed by atoms with Crippen LogP contribution < -0.4 is 5.32 Å². The molecule has 2 aromatic heterocycles. The zero-order valence-electron chi connectivity index (χ0n) is 15.2. The number of likely N-dealkylation sites (tertiary alicyclic amines) is 1. The third-order valence-corrected chi connectivity index (χ3v) is 4.99. The molecule has 0 bridgehead atoms. The number of carbonyl (C=O) groups is 1. The van der Waals surface area contributed by atoms with Gasteiger partial charge in [0.2, 0.25) is 5.91 Å². The number of aromatic amines is 1. The van der Waals surface area contributed by atoms with Gasteiger partial charge < -0.3 is 9.73 Å². The molecule has 1 saturated heterocycles. The molecule has 2 N–H and O–H groups in total. The molecule has 1 unspecified atom stereocenters. The van der Waals surface area contributed by atoms with Crippen molar-refractivity contribution in [2.24, 2.45) is 5.92 Å². The van der Waals surface area contributed by atoms with Crippen LogP contribution in [0.4, 0.5) is 0 Å². The molecule has 1 aliphatic rings. The summed E-state index contributed by atoms with van der Waals surface area (Å²) in [6, 6.07) is 15.9. The van der Waals surface area contributed by atoms with E-state index in [1.165, 1.54) is 0 Å². The number of H-pyrrole nitrogens is 1. The lowest BCUT2D eigenvalue weighted by Gasteiger charge is -2.31. The summed E-state index contributed by atoms with van der Waals surface area (Å²) in [7, 11) is 0. The number of furan rings is 1. The maximum absolute atomic E-state index is 12.6. The predicted octanol–water partition coefficient (Wildman–Crippen LogP) is 3.20. The maximum Gasteiger partial charge on any atom is 0.224 e. The van der Waals surface area contributed by atoms with Gasteiger partial charge in [-0.25, -0.2) is 0 Å². The van der Waals surface area contributed by atoms with E-state index in [0.29, 0.717) is 6.54 Å². The van der Waals surface area contributed by atoms with E-state index in [9.17, 15) is 4.79 Å². The number of aromatic nitrogens is 2. The van der Waals surface area contributed by atoms with Crippen molar-refractivity contribution in [1.29, 1.82) is 0 Å². The Morgan fingerprint density at radius 2 is 2.15 bits per heavy atom. The first-order valence-electron chi connectivity index (χ1n) is 9.40. The summed E-state index contributed by atoms with van der Waals surface area (Å²) in [5.41, 5.74) is 2.86. The lowest BCUT2D eigenvalue weighted by atomic mass is 9.97. The van der Waals surface area contributed by atoms with Crippen molar-refractivity contribution in [2.75, 3.05) is 13.1 Å². The van der Waals surface area contributed by atoms with Gasteiger partial charge in [0, 0.05) is 12.1 Å². The number of rotatable bonds is 6. The fourth-order valence-corrected chi connectivity index (χ4v) is 3.57. The molecule has 1 amide bonds. The van der Waals surface area contributed by atoms with Gasteiger partial charge in [-0.2, -0.15) is 5.10 Å². The number of nitrogens with one attached hydrogen (secondary N) is 2. The van der Waals surface area contributed by atoms with Gasteiger partial charge >= 0.3 is 0 Å². The van der Waals surface area contributed by atoms with Crippen LogP contribution in [0.15, 0.2) is 59.2 Å². The minimum absolute atomic E-state index is 0.0187. The van der Waals surface area contributed by atoms with E-state index >= 15 is 0 Å². The first-order valence-corrected chi connectivity index (χ1v) is 9.40. The van der Waals surface area contributed by atoms with Crippen molar-refractivity contribution >= 4 is 5.91 Å². The van der Waals surface area contributed by atoms with Gasteiger partial charge in [0.15, 0.2) is 0 Å². The van der Waals surface area contributed by atoms with E-state index < -0.39 is 0 Å². The molecule has 140 valence electrons. The molecule has 6 heteroatoms. The van der Waals surface area contributed by atoms with Crippen molar-refractivity contribution in [3.8, 4) is 11.3 Å². The monoisotopic (exact) mass is 364 g/mol. The van der Waals surface area contributed by atoms with E-state index in [1.807, 2.05) is 48.5 Å². The third kappa shape index (κ3) is 4.46. The first-order chi connectivity index (χ1) is 13.3. The molecular weight excluding hydrogens is 340 g/mol. The van der Waals surface area contributed by atoms with Crippen LogP contribution in [0.5, 0.6) is 0 Å². The Morgan fingerprint density at radius 3 is 2.96 bits per heavy atom. The van der Waals surface area contributed by atoms with Crippen LogP contribution in [0.25, 0.3) is 11.3 Å². The number of hydrogen-bond acceptors (Lipinski definition) is 4. The van der Waals surface area contributed by atoms with Crippen LogP contribution in [-0.4, -0.2) is 34.1 Å². The number of nitrogens with zero attached hydrogens (tertiary/aromatic N) is 2. The standard InChI is InChI=1S/C21H24N4O2/c26-21(17-8-4-10-25(14-17)15-19-9-5-11-27-19)22-13-18-12-20(24-23-18)16-6-2-1-3-7-16/h1-3,5-7,9,11-12,17H,4,8,10,13-15H2,(H,22,26)(H,23,24). The molecule has 27 heavy (non-hydrogen) atoms. The van der Waals surface area contributed by atoms with Crippen molar-refractivity contribution in [2.45, 2.75) is 25.9 Å². The number of carbonyl (C=O) groups excluding carboxylic acids is 1. The average Bonchev–Trinajstić information content (AvgIpc) is 3.39. The topological polar surface area (TPSA) is 74.2 Å². The molecule has 3 aromatic rings. The zero-order chi connectivity index (χ0) is 18.5. The van der Waals surface area contributed by atoms with E-state index in [2.05, 4.69) is 20.4 Å². The van der Waals surface area contributed by atoms with Gasteiger partial charge in [0.05, 0.1) is 36.7 Å². The van der Waals surface area contributed by atoms with E-state index in [1.54, 1.807) is 6.26 Å². The van der Waals surface area contributed by atoms with Gasteiger partial charge in [0.25, 0.3) is 0 Å². The average molecular weight is 364 g/mol. The molecule has 1 fully saturated rings. The summed E-state index contributed by atoms with van der Waals surface area (Å²) in [5, 5.41) is 10.4. The first kappa shape index (κ1) is 17.5. The van der Waals surface area contributed by atoms with Crippen LogP contribution in [-0.2, 0) is 17.9 Å². The van der Waals surface area contributed by atoms with Crippen LogP contribution in [0.1, 0.15) is 24.3 Å². The molecule has 1 aromatic carbocycles. The Kier molecular flexibility index (Phi) is 5.34. The fraction of sp³-hybridized carbons (Fsp3) is 0.333. The smallest absolute Gasteiger partial charge is 0.224 e. The minimum Gasteiger partial charge on any atom is -0.468 e. The fourth-order valence-electron chi connectivity index (χ4n) is 3.57. The summed E-state index contributed by atoms with van der Waals surface area (Å²) < 4.78 is 5.42. The molecule has 1 aliphatic heterocycles. The molecule has 0 aliphatic carbocycles. The number of amides is 1. The Morgan fingerprint density at radius 1 is 1.26 bits per heavy atom. The molecule has 1 atom stereocenters. The Bertz CT molecular complexity index is 857. The van der Waals surface area contributed by atoms with Gasteiger partial charge in [-0.05, 0) is 37.6 Å². The second-order valence-corrected chi connectivity index (χ2v) is 7.02. The largest absolute Gasteiger partial charge is 0.468 e. The second-order valence-electron chi connectivity index (χ2n) is 7.02. The predicted molar refractivity (Wildman–Crippen MR) is 103 cm³/mol. The summed E-state index contributed by atoms with van der Waals surface area (Å²) in [5.74, 6) is 1.07. The SMILES string of the molecule is O=C(NCc1cc(-c2ccccc2)n[nH]1)C1CCCN(Cc2ccco2)C1. The van der Waals surface area contributed by atoms with Crippen LogP contribution in [0.3, 0.4) is 0 Å². The van der Waals surface area contributed by atoms with E-state index in [4.69, 9.17) is 4.42 Å². The summed E-state index contributed by atoms with van der Waals surface area (Å²) in [4.78, 5) is 14.9. The molecular formula is C21H24N4O2. The lowest BCUT2D eigenvalue weighted by Crippen LogP contribution is -2.42. The van der Waals surface area contributed by atoms with Crippen molar-refractivity contribution < 1.29 is 9.21 Å². The highest BCUT2D eigenvalue weighted by Gasteiger charge is 2.26. The third-order valence-electron chi connectivity index (χ3n) is 4.99. The highest BCUT2D eigenvalue weighted by Crippen LogP contribution is 2.20. The summed E-state index contributed by atoms with van der Waals surface area (Å²) >= 11 is 0. The summed E-state index contributed by atoms with van der Waals surface area (Å²) in [6.07, 6.45) is 3.65. The highest BCUT2D eigenvalue weighted by atomic mass is 16.3. The molecule has 6 nitrogen and oxygen atoms in total. The van der Waals surface area contributed by atoms with Crippen molar-refractivity contribution in [3.63, 3.8) is 0 Å². The van der Waals surface area contributed by atoms with Gasteiger partial charge in [-0.15, -0.1) is 0 Å². The molecule has 0 saturated carbocycles. The van der Waals surface area contributed by atoms with Crippen LogP contribution in [0.2, 0.25) is 0 Å². The lowest BCUT2D eigenvalue weighted by molar-refractivity contribution is -0.127. The molecule has 0 spiro atoms. The second kappa shape index (κ2) is 8.22. The molecule has 4 rings (SSSR count). The number of benzene rings is 1. The minimum atomic E-state index is 0.0187. The quantitative estimate of drug-likeness (QED) is 0.704. The maximum atomic E-state index is 12.6. The Balaban J connectivity index is 1.29. The van der Waals surface area contributed by atoms with Crippen molar-refractivity contribution in [3.05, 3.63) is 66.2 Å². The van der Waals surface area contributed by atoms with Crippen LogP contribution in [0, 0.1) is 5.92 Å². The number of piperidine rings is 1. The Labute approximate surface area is 158 Å². The summed E-state index contributed by atoms with van der Waals surface area (Å²) in [6.45, 7) is 3.00. The normalized spacial score (nSPS) is 17.7. The molecule has 0 radical (unpaired) electrons.